The molecule has 3 N–H and O–H groups in total. The molecule has 3 aromatic rings. The predicted molar refractivity (Wildman–Crippen MR) is 107 cm³/mol. The zero-order chi connectivity index (χ0) is 19.8. The van der Waals surface area contributed by atoms with Gasteiger partial charge in [0.2, 0.25) is 0 Å². The average Bonchev–Trinajstić information content (AvgIpc) is 2.72. The Morgan fingerprint density at radius 2 is 1.43 bits per heavy atom. The molecule has 0 fully saturated rings. The summed E-state index contributed by atoms with van der Waals surface area (Å²) in [7, 11) is 0. The summed E-state index contributed by atoms with van der Waals surface area (Å²) in [5.41, 5.74) is 7.14. The number of para-hydroxylation sites is 2. The Kier molecular flexibility index (Phi) is 5.94. The van der Waals surface area contributed by atoms with Crippen molar-refractivity contribution in [2.75, 3.05) is 5.32 Å². The molecule has 2 amide bonds. The third-order valence-electron chi connectivity index (χ3n) is 3.67. The number of carbonyl (C=O) groups excluding carboxylic acids is 1. The van der Waals surface area contributed by atoms with E-state index in [2.05, 4.69) is 21.2 Å². The maximum absolute atomic E-state index is 12.1. The van der Waals surface area contributed by atoms with Crippen LogP contribution in [0.2, 0.25) is 0 Å². The van der Waals surface area contributed by atoms with Gasteiger partial charge in [0.25, 0.3) is 5.69 Å². The summed E-state index contributed by atoms with van der Waals surface area (Å²) >= 11 is 0. The first kappa shape index (κ1) is 18.6. The minimum Gasteiger partial charge on any atom is -0.307 e. The molecule has 0 atom stereocenters. The summed E-state index contributed by atoms with van der Waals surface area (Å²) in [5.74, 6) is 0.337. The summed E-state index contributed by atoms with van der Waals surface area (Å²) in [6.07, 6.45) is 0. The first-order chi connectivity index (χ1) is 13.6. The molecule has 3 rings (SSSR count). The minimum absolute atomic E-state index is 0.0300. The number of amidine groups is 1. The van der Waals surface area contributed by atoms with Gasteiger partial charge in [-0.3, -0.25) is 21.0 Å². The SMILES string of the molecule is O=C(NNC(=Nc1ccccc1)c1ccc([N+](=O)[O-])cc1)Nc1ccccc1. The fourth-order valence-electron chi connectivity index (χ4n) is 2.34. The van der Waals surface area contributed by atoms with Gasteiger partial charge in [0, 0.05) is 23.4 Å². The van der Waals surface area contributed by atoms with E-state index in [-0.39, 0.29) is 5.69 Å². The number of hydrazine groups is 1. The lowest BCUT2D eigenvalue weighted by Gasteiger charge is -2.12. The number of nitro benzene ring substituents is 1. The molecule has 0 aliphatic rings. The Bertz CT molecular complexity index is 974. The molecule has 0 heterocycles. The molecule has 140 valence electrons. The Morgan fingerprint density at radius 1 is 0.821 bits per heavy atom. The molecule has 0 aliphatic carbocycles. The van der Waals surface area contributed by atoms with Gasteiger partial charge in [-0.2, -0.15) is 0 Å². The Balaban J connectivity index is 1.77. The molecule has 0 saturated carbocycles. The summed E-state index contributed by atoms with van der Waals surface area (Å²) in [6, 6.07) is 23.5. The molecular weight excluding hydrogens is 358 g/mol. The van der Waals surface area contributed by atoms with E-state index in [1.54, 1.807) is 36.4 Å². The van der Waals surface area contributed by atoms with E-state index in [0.29, 0.717) is 22.8 Å². The highest BCUT2D eigenvalue weighted by Crippen LogP contribution is 2.15. The number of hydrogen-bond donors (Lipinski definition) is 3. The zero-order valence-electron chi connectivity index (χ0n) is 14.7. The highest BCUT2D eigenvalue weighted by molar-refractivity contribution is 6.02. The van der Waals surface area contributed by atoms with Crippen molar-refractivity contribution in [1.29, 1.82) is 0 Å². The highest BCUT2D eigenvalue weighted by Gasteiger charge is 2.10. The average molecular weight is 375 g/mol. The van der Waals surface area contributed by atoms with E-state index < -0.39 is 11.0 Å². The highest BCUT2D eigenvalue weighted by atomic mass is 16.6. The fourth-order valence-corrected chi connectivity index (χ4v) is 2.34. The van der Waals surface area contributed by atoms with Crippen LogP contribution in [0.3, 0.4) is 0 Å². The van der Waals surface area contributed by atoms with Crippen LogP contribution in [0.25, 0.3) is 0 Å². The quantitative estimate of drug-likeness (QED) is 0.277. The Morgan fingerprint density at radius 3 is 2.04 bits per heavy atom. The number of nitrogens with zero attached hydrogens (tertiary/aromatic N) is 2. The van der Waals surface area contributed by atoms with Crippen LogP contribution in [0.15, 0.2) is 89.9 Å². The van der Waals surface area contributed by atoms with Crippen LogP contribution in [0.1, 0.15) is 5.56 Å². The number of urea groups is 1. The molecule has 0 unspecified atom stereocenters. The number of non-ortho nitro benzene ring substituents is 1. The van der Waals surface area contributed by atoms with Crippen molar-refractivity contribution in [3.05, 3.63) is 101 Å². The first-order valence-electron chi connectivity index (χ1n) is 8.38. The molecule has 28 heavy (non-hydrogen) atoms. The van der Waals surface area contributed by atoms with Crippen LogP contribution in [0.4, 0.5) is 21.9 Å². The van der Waals surface area contributed by atoms with Crippen molar-refractivity contribution in [2.24, 2.45) is 4.99 Å². The van der Waals surface area contributed by atoms with Gasteiger partial charge in [0.15, 0.2) is 5.84 Å². The molecule has 0 saturated heterocycles. The van der Waals surface area contributed by atoms with Crippen molar-refractivity contribution < 1.29 is 9.72 Å². The third-order valence-corrected chi connectivity index (χ3v) is 3.67. The van der Waals surface area contributed by atoms with Crippen LogP contribution in [0, 0.1) is 10.1 Å². The smallest absolute Gasteiger partial charge is 0.307 e. The molecule has 0 spiro atoms. The molecule has 8 heteroatoms. The van der Waals surface area contributed by atoms with Crippen LogP contribution in [-0.2, 0) is 0 Å². The topological polar surface area (TPSA) is 109 Å². The number of nitro groups is 1. The maximum atomic E-state index is 12.1. The van der Waals surface area contributed by atoms with Gasteiger partial charge in [-0.05, 0) is 36.4 Å². The Labute approximate surface area is 161 Å². The number of anilines is 1. The molecule has 3 aromatic carbocycles. The number of amides is 2. The molecule has 0 bridgehead atoms. The van der Waals surface area contributed by atoms with E-state index in [4.69, 9.17) is 0 Å². The first-order valence-corrected chi connectivity index (χ1v) is 8.38. The summed E-state index contributed by atoms with van der Waals surface area (Å²) in [4.78, 5) is 27.0. The van der Waals surface area contributed by atoms with E-state index in [9.17, 15) is 14.9 Å². The Hall–Kier alpha value is -4.20. The molecule has 8 nitrogen and oxygen atoms in total. The van der Waals surface area contributed by atoms with Gasteiger partial charge in [0.1, 0.15) is 0 Å². The van der Waals surface area contributed by atoms with Crippen molar-refractivity contribution in [3.63, 3.8) is 0 Å². The number of rotatable bonds is 4. The predicted octanol–water partition coefficient (Wildman–Crippen LogP) is 4.00. The van der Waals surface area contributed by atoms with E-state index in [1.165, 1.54) is 12.1 Å². The third kappa shape index (κ3) is 5.15. The van der Waals surface area contributed by atoms with Gasteiger partial charge in [-0.15, -0.1) is 0 Å². The fraction of sp³-hybridized carbons (Fsp3) is 0. The van der Waals surface area contributed by atoms with Crippen molar-refractivity contribution in [3.8, 4) is 0 Å². The van der Waals surface area contributed by atoms with E-state index in [1.807, 2.05) is 36.4 Å². The lowest BCUT2D eigenvalue weighted by Crippen LogP contribution is -2.44. The normalized spacial score (nSPS) is 10.8. The number of nitrogens with one attached hydrogen (secondary N) is 3. The van der Waals surface area contributed by atoms with Gasteiger partial charge in [-0.25, -0.2) is 9.79 Å². The lowest BCUT2D eigenvalue weighted by atomic mass is 10.2. The van der Waals surface area contributed by atoms with Gasteiger partial charge in [0.05, 0.1) is 10.6 Å². The lowest BCUT2D eigenvalue weighted by molar-refractivity contribution is -0.384. The van der Waals surface area contributed by atoms with Crippen molar-refractivity contribution in [1.82, 2.24) is 10.9 Å². The van der Waals surface area contributed by atoms with Gasteiger partial charge >= 0.3 is 6.03 Å². The largest absolute Gasteiger partial charge is 0.337 e. The molecule has 0 aromatic heterocycles. The summed E-state index contributed by atoms with van der Waals surface area (Å²) in [5, 5.41) is 13.5. The maximum Gasteiger partial charge on any atom is 0.337 e. The second-order valence-corrected chi connectivity index (χ2v) is 5.67. The van der Waals surface area contributed by atoms with Crippen molar-refractivity contribution >= 4 is 28.9 Å². The zero-order valence-corrected chi connectivity index (χ0v) is 14.7. The van der Waals surface area contributed by atoms with Gasteiger partial charge < -0.3 is 5.32 Å². The number of carbonyl (C=O) groups is 1. The van der Waals surface area contributed by atoms with Crippen LogP contribution in [-0.4, -0.2) is 16.8 Å². The molecule has 0 aliphatic heterocycles. The van der Waals surface area contributed by atoms with Crippen LogP contribution >= 0.6 is 0 Å². The standard InChI is InChI=1S/C20H17N5O3/c26-20(22-17-9-5-2-6-10-17)24-23-19(21-16-7-3-1-4-8-16)15-11-13-18(14-12-15)25(27)28/h1-14H,(H,21,23)(H2,22,24,26). The molecule has 0 radical (unpaired) electrons. The minimum atomic E-state index is -0.478. The van der Waals surface area contributed by atoms with Crippen LogP contribution in [0.5, 0.6) is 0 Å². The number of benzene rings is 3. The van der Waals surface area contributed by atoms with E-state index in [0.717, 1.165) is 0 Å². The second kappa shape index (κ2) is 8.95. The number of hydrogen-bond acceptors (Lipinski definition) is 4. The molecular formula is C20H17N5O3. The monoisotopic (exact) mass is 375 g/mol. The van der Waals surface area contributed by atoms with Gasteiger partial charge in [-0.1, -0.05) is 36.4 Å². The number of aliphatic imine (C=N–C) groups is 1. The summed E-state index contributed by atoms with van der Waals surface area (Å²) in [6.45, 7) is 0. The van der Waals surface area contributed by atoms with Crippen LogP contribution < -0.4 is 16.2 Å². The van der Waals surface area contributed by atoms with E-state index >= 15 is 0 Å². The van der Waals surface area contributed by atoms with Crippen molar-refractivity contribution in [2.45, 2.75) is 0 Å². The second-order valence-electron chi connectivity index (χ2n) is 5.67. The summed E-state index contributed by atoms with van der Waals surface area (Å²) < 4.78 is 0.